The molecule has 0 fully saturated rings. The van der Waals surface area contributed by atoms with Crippen molar-refractivity contribution in [1.29, 1.82) is 0 Å². The van der Waals surface area contributed by atoms with E-state index in [1.54, 1.807) is 29.2 Å². The molecule has 1 aliphatic heterocycles. The number of carbonyl (C=O) groups is 1. The summed E-state index contributed by atoms with van der Waals surface area (Å²) in [5.74, 6) is 1.08. The zero-order valence-corrected chi connectivity index (χ0v) is 18.0. The molecule has 1 N–H and O–H groups in total. The smallest absolute Gasteiger partial charge is 0.261 e. The average Bonchev–Trinajstić information content (AvgIpc) is 2.71. The Morgan fingerprint density at radius 1 is 1.17 bits per heavy atom. The lowest BCUT2D eigenvalue weighted by Crippen LogP contribution is -2.35. The number of rotatable bonds is 7. The maximum atomic E-state index is 12.8. The van der Waals surface area contributed by atoms with E-state index in [-0.39, 0.29) is 10.8 Å². The summed E-state index contributed by atoms with van der Waals surface area (Å²) in [5, 5.41) is 0. The standard InChI is InChI=1S/C22H28N2O4S/c1-4-22(25)24-13-5-6-17-7-8-18(14-21(17)24)23-29(26,27)20-11-9-19(10-12-20)28-15-16(2)3/h7-12,14,16,23H,4-6,13,15H2,1-3H3. The number of nitrogens with zero attached hydrogens (tertiary/aromatic N) is 1. The molecule has 0 unspecified atom stereocenters. The van der Waals surface area contributed by atoms with Gasteiger partial charge in [-0.3, -0.25) is 9.52 Å². The van der Waals surface area contributed by atoms with Crippen LogP contribution in [0.4, 0.5) is 11.4 Å². The number of hydrogen-bond acceptors (Lipinski definition) is 4. The first-order valence-electron chi connectivity index (χ1n) is 9.99. The normalized spacial score (nSPS) is 13.9. The summed E-state index contributed by atoms with van der Waals surface area (Å²) in [5.41, 5.74) is 2.30. The Labute approximate surface area is 172 Å². The number of sulfonamides is 1. The number of benzene rings is 2. The van der Waals surface area contributed by atoms with Crippen LogP contribution in [0, 0.1) is 5.92 Å². The van der Waals surface area contributed by atoms with Crippen molar-refractivity contribution in [3.05, 3.63) is 48.0 Å². The minimum Gasteiger partial charge on any atom is -0.493 e. The van der Waals surface area contributed by atoms with Gasteiger partial charge in [-0.2, -0.15) is 0 Å². The highest BCUT2D eigenvalue weighted by Crippen LogP contribution is 2.31. The first-order valence-corrected chi connectivity index (χ1v) is 11.5. The van der Waals surface area contributed by atoms with E-state index in [2.05, 4.69) is 18.6 Å². The Bertz CT molecular complexity index is 969. The average molecular weight is 417 g/mol. The molecule has 0 aromatic heterocycles. The summed E-state index contributed by atoms with van der Waals surface area (Å²) in [7, 11) is -3.74. The quantitative estimate of drug-likeness (QED) is 0.734. The molecule has 7 heteroatoms. The molecular weight excluding hydrogens is 388 g/mol. The third kappa shape index (κ3) is 5.09. The highest BCUT2D eigenvalue weighted by Gasteiger charge is 2.23. The number of fused-ring (bicyclic) bond motifs is 1. The van der Waals surface area contributed by atoms with Gasteiger partial charge in [0.15, 0.2) is 0 Å². The van der Waals surface area contributed by atoms with E-state index in [4.69, 9.17) is 4.74 Å². The van der Waals surface area contributed by atoms with Crippen molar-refractivity contribution >= 4 is 27.3 Å². The number of amides is 1. The highest BCUT2D eigenvalue weighted by atomic mass is 32.2. The minimum absolute atomic E-state index is 0.0444. The fraction of sp³-hybridized carbons (Fsp3) is 0.409. The zero-order chi connectivity index (χ0) is 21.0. The molecule has 1 amide bonds. The Morgan fingerprint density at radius 2 is 1.90 bits per heavy atom. The van der Waals surface area contributed by atoms with Crippen LogP contribution in [0.1, 0.15) is 39.2 Å². The summed E-state index contributed by atoms with van der Waals surface area (Å²) >= 11 is 0. The van der Waals surface area contributed by atoms with Gasteiger partial charge in [0.1, 0.15) is 5.75 Å². The summed E-state index contributed by atoms with van der Waals surface area (Å²) < 4.78 is 33.8. The monoisotopic (exact) mass is 416 g/mol. The van der Waals surface area contributed by atoms with Crippen molar-refractivity contribution < 1.29 is 17.9 Å². The maximum absolute atomic E-state index is 12.8. The van der Waals surface area contributed by atoms with Gasteiger partial charge < -0.3 is 9.64 Å². The van der Waals surface area contributed by atoms with E-state index < -0.39 is 10.0 Å². The second-order valence-corrected chi connectivity index (χ2v) is 9.31. The van der Waals surface area contributed by atoms with Crippen LogP contribution in [0.5, 0.6) is 5.75 Å². The van der Waals surface area contributed by atoms with Gasteiger partial charge in [-0.05, 0) is 60.7 Å². The molecule has 0 saturated heterocycles. The summed E-state index contributed by atoms with van der Waals surface area (Å²) in [4.78, 5) is 14.2. The Hall–Kier alpha value is -2.54. The molecule has 0 radical (unpaired) electrons. The van der Waals surface area contributed by atoms with Gasteiger partial charge in [-0.25, -0.2) is 8.42 Å². The molecule has 0 saturated carbocycles. The van der Waals surface area contributed by atoms with Crippen LogP contribution in [0.2, 0.25) is 0 Å². The van der Waals surface area contributed by atoms with E-state index in [0.717, 1.165) is 24.1 Å². The molecule has 3 rings (SSSR count). The molecule has 0 atom stereocenters. The van der Waals surface area contributed by atoms with E-state index in [0.29, 0.717) is 36.9 Å². The Kier molecular flexibility index (Phi) is 6.47. The first kappa shape index (κ1) is 21.2. The van der Waals surface area contributed by atoms with Crippen molar-refractivity contribution in [2.24, 2.45) is 5.92 Å². The Morgan fingerprint density at radius 3 is 2.55 bits per heavy atom. The van der Waals surface area contributed by atoms with Crippen molar-refractivity contribution in [1.82, 2.24) is 0 Å². The first-order chi connectivity index (χ1) is 13.8. The van der Waals surface area contributed by atoms with Crippen LogP contribution in [0.15, 0.2) is 47.4 Å². The molecule has 6 nitrogen and oxygen atoms in total. The molecule has 2 aromatic rings. The second-order valence-electron chi connectivity index (χ2n) is 7.63. The number of hydrogen-bond donors (Lipinski definition) is 1. The third-order valence-corrected chi connectivity index (χ3v) is 6.17. The van der Waals surface area contributed by atoms with Crippen LogP contribution < -0.4 is 14.4 Å². The summed E-state index contributed by atoms with van der Waals surface area (Å²) in [6.45, 7) is 7.17. The van der Waals surface area contributed by atoms with E-state index in [1.807, 2.05) is 13.0 Å². The number of aryl methyl sites for hydroxylation is 1. The molecule has 1 heterocycles. The molecule has 0 bridgehead atoms. The van der Waals surface area contributed by atoms with Gasteiger partial charge in [-0.15, -0.1) is 0 Å². The molecule has 2 aromatic carbocycles. The van der Waals surface area contributed by atoms with Gasteiger partial charge in [0.2, 0.25) is 5.91 Å². The Balaban J connectivity index is 1.79. The number of carbonyl (C=O) groups excluding carboxylic acids is 1. The van der Waals surface area contributed by atoms with Crippen LogP contribution in [0.25, 0.3) is 0 Å². The fourth-order valence-corrected chi connectivity index (χ4v) is 4.33. The summed E-state index contributed by atoms with van der Waals surface area (Å²) in [6.07, 6.45) is 2.21. The number of nitrogens with one attached hydrogen (secondary N) is 1. The number of anilines is 2. The van der Waals surface area contributed by atoms with E-state index >= 15 is 0 Å². The molecule has 29 heavy (non-hydrogen) atoms. The van der Waals surface area contributed by atoms with Crippen molar-refractivity contribution in [2.45, 2.75) is 44.9 Å². The molecule has 0 aliphatic carbocycles. The van der Waals surface area contributed by atoms with Crippen molar-refractivity contribution in [3.63, 3.8) is 0 Å². The van der Waals surface area contributed by atoms with E-state index in [1.165, 1.54) is 12.1 Å². The van der Waals surface area contributed by atoms with Crippen LogP contribution in [-0.4, -0.2) is 27.5 Å². The van der Waals surface area contributed by atoms with Crippen LogP contribution in [0.3, 0.4) is 0 Å². The second kappa shape index (κ2) is 8.86. The largest absolute Gasteiger partial charge is 0.493 e. The maximum Gasteiger partial charge on any atom is 0.261 e. The van der Waals surface area contributed by atoms with Crippen LogP contribution in [-0.2, 0) is 21.2 Å². The van der Waals surface area contributed by atoms with Gasteiger partial charge in [0.05, 0.1) is 17.2 Å². The predicted octanol–water partition coefficient (Wildman–Crippen LogP) is 4.21. The third-order valence-electron chi connectivity index (χ3n) is 4.78. The topological polar surface area (TPSA) is 75.7 Å². The summed E-state index contributed by atoms with van der Waals surface area (Å²) in [6, 6.07) is 11.8. The molecule has 156 valence electrons. The lowest BCUT2D eigenvalue weighted by molar-refractivity contribution is -0.118. The molecule has 0 spiro atoms. The predicted molar refractivity (Wildman–Crippen MR) is 115 cm³/mol. The SMILES string of the molecule is CCC(=O)N1CCCc2ccc(NS(=O)(=O)c3ccc(OCC(C)C)cc3)cc21. The highest BCUT2D eigenvalue weighted by molar-refractivity contribution is 7.92. The van der Waals surface area contributed by atoms with Crippen molar-refractivity contribution in [3.8, 4) is 5.75 Å². The minimum atomic E-state index is -3.74. The lowest BCUT2D eigenvalue weighted by Gasteiger charge is -2.29. The van der Waals surface area contributed by atoms with Gasteiger partial charge in [-0.1, -0.05) is 26.8 Å². The number of ether oxygens (including phenoxy) is 1. The fourth-order valence-electron chi connectivity index (χ4n) is 3.28. The zero-order valence-electron chi connectivity index (χ0n) is 17.1. The molecular formula is C22H28N2O4S. The van der Waals surface area contributed by atoms with Gasteiger partial charge in [0.25, 0.3) is 10.0 Å². The van der Waals surface area contributed by atoms with Gasteiger partial charge in [0, 0.05) is 18.7 Å². The van der Waals surface area contributed by atoms with Crippen molar-refractivity contribution in [2.75, 3.05) is 22.8 Å². The lowest BCUT2D eigenvalue weighted by atomic mass is 10.0. The van der Waals surface area contributed by atoms with Crippen LogP contribution >= 0.6 is 0 Å². The van der Waals surface area contributed by atoms with E-state index in [9.17, 15) is 13.2 Å². The van der Waals surface area contributed by atoms with Gasteiger partial charge >= 0.3 is 0 Å². The molecule has 1 aliphatic rings.